The summed E-state index contributed by atoms with van der Waals surface area (Å²) in [6, 6.07) is 16.3. The van der Waals surface area contributed by atoms with E-state index in [-0.39, 0.29) is 17.0 Å². The molecule has 24 heavy (non-hydrogen) atoms. The molecule has 122 valence electrons. The molecule has 2 aromatic carbocycles. The normalized spacial score (nSPS) is 13.5. The maximum atomic E-state index is 4.65. The average Bonchev–Trinajstić information content (AvgIpc) is 3.27. The van der Waals surface area contributed by atoms with Crippen LogP contribution in [0.5, 0.6) is 0 Å². The molecule has 2 heterocycles. The molecular formula is C17H16BrN5S. The van der Waals surface area contributed by atoms with Gasteiger partial charge in [0.25, 0.3) is 0 Å². The molecule has 5 nitrogen and oxygen atoms in total. The Balaban J connectivity index is 0.00000169. The third-order valence-electron chi connectivity index (χ3n) is 3.82. The second-order valence-electron chi connectivity index (χ2n) is 5.33. The van der Waals surface area contributed by atoms with Gasteiger partial charge < -0.3 is 17.0 Å². The summed E-state index contributed by atoms with van der Waals surface area (Å²) in [5.74, 6) is 1.83. The van der Waals surface area contributed by atoms with E-state index in [9.17, 15) is 0 Å². The minimum atomic E-state index is 0. The lowest BCUT2D eigenvalue weighted by Gasteiger charge is -2.10. The van der Waals surface area contributed by atoms with Crippen LogP contribution >= 0.6 is 11.8 Å². The third kappa shape index (κ3) is 3.01. The Labute approximate surface area is 155 Å². The monoisotopic (exact) mass is 401 g/mol. The second kappa shape index (κ2) is 7.27. The summed E-state index contributed by atoms with van der Waals surface area (Å²) in [5, 5.41) is 12.4. The molecule has 1 aromatic heterocycles. The number of hydrogen-bond acceptors (Lipinski definition) is 4. The van der Waals surface area contributed by atoms with Crippen molar-refractivity contribution in [3.05, 3.63) is 59.7 Å². The van der Waals surface area contributed by atoms with Crippen molar-refractivity contribution in [2.24, 2.45) is 4.99 Å². The maximum absolute atomic E-state index is 4.65. The van der Waals surface area contributed by atoms with Gasteiger partial charge >= 0.3 is 5.82 Å². The minimum absolute atomic E-state index is 0. The molecular weight excluding hydrogens is 386 g/mol. The van der Waals surface area contributed by atoms with Crippen LogP contribution in [0, 0.1) is 6.92 Å². The fourth-order valence-electron chi connectivity index (χ4n) is 2.75. The fraction of sp³-hybridized carbons (Fsp3) is 0.176. The van der Waals surface area contributed by atoms with Crippen molar-refractivity contribution in [2.75, 3.05) is 12.3 Å². The highest BCUT2D eigenvalue weighted by molar-refractivity contribution is 8.14. The van der Waals surface area contributed by atoms with E-state index >= 15 is 0 Å². The zero-order chi connectivity index (χ0) is 15.6. The summed E-state index contributed by atoms with van der Waals surface area (Å²) in [4.78, 5) is 4.65. The van der Waals surface area contributed by atoms with E-state index < -0.39 is 0 Å². The molecule has 0 fully saturated rings. The van der Waals surface area contributed by atoms with Crippen LogP contribution in [0.1, 0.15) is 11.1 Å². The zero-order valence-corrected chi connectivity index (χ0v) is 15.5. The Hall–Kier alpha value is -1.99. The van der Waals surface area contributed by atoms with Crippen molar-refractivity contribution >= 4 is 16.8 Å². The van der Waals surface area contributed by atoms with Gasteiger partial charge in [-0.1, -0.05) is 35.5 Å². The number of benzene rings is 2. The molecule has 0 radical (unpaired) electrons. The van der Waals surface area contributed by atoms with Crippen LogP contribution in [-0.2, 0) is 0 Å². The molecule has 7 heteroatoms. The van der Waals surface area contributed by atoms with Crippen LogP contribution in [0.25, 0.3) is 17.1 Å². The molecule has 4 rings (SSSR count). The van der Waals surface area contributed by atoms with Crippen LogP contribution < -0.4 is 21.7 Å². The van der Waals surface area contributed by atoms with Crippen molar-refractivity contribution in [1.29, 1.82) is 0 Å². The molecule has 0 amide bonds. The van der Waals surface area contributed by atoms with E-state index in [1.165, 1.54) is 5.56 Å². The molecule has 1 aliphatic heterocycles. The number of rotatable bonds is 3. The molecule has 0 bridgehead atoms. The lowest BCUT2D eigenvalue weighted by Crippen LogP contribution is -3.00. The summed E-state index contributed by atoms with van der Waals surface area (Å²) >= 11 is 1.80. The highest BCUT2D eigenvalue weighted by Crippen LogP contribution is 2.26. The Kier molecular flexibility index (Phi) is 5.11. The van der Waals surface area contributed by atoms with E-state index in [4.69, 9.17) is 0 Å². The molecule has 0 saturated heterocycles. The predicted molar refractivity (Wildman–Crippen MR) is 91.9 cm³/mol. The van der Waals surface area contributed by atoms with Gasteiger partial charge in [0.2, 0.25) is 0 Å². The molecule has 0 atom stereocenters. The number of nitrogens with zero attached hydrogens (tertiary/aromatic N) is 4. The van der Waals surface area contributed by atoms with Gasteiger partial charge in [-0.05, 0) is 30.7 Å². The van der Waals surface area contributed by atoms with Crippen LogP contribution in [0.2, 0.25) is 0 Å². The number of aryl methyl sites for hydroxylation is 1. The lowest BCUT2D eigenvalue weighted by atomic mass is 10.1. The van der Waals surface area contributed by atoms with Crippen LogP contribution in [0.3, 0.4) is 0 Å². The minimum Gasteiger partial charge on any atom is -1.00 e. The summed E-state index contributed by atoms with van der Waals surface area (Å²) in [6.45, 7) is 3.00. The number of nitrogens with one attached hydrogen (secondary N) is 1. The standard InChI is InChI=1S/C17H15N5S.BrH/c1-12-6-5-9-14(15(12)17-18-10-11-23-17)22-16(19-20-21-22)13-7-3-2-4-8-13;/h2-9H,10-11H2,1H3;1H. The van der Waals surface area contributed by atoms with Gasteiger partial charge in [-0.3, -0.25) is 4.99 Å². The Morgan fingerprint density at radius 1 is 1.08 bits per heavy atom. The number of thioether (sulfide) groups is 1. The number of aromatic nitrogens is 4. The van der Waals surface area contributed by atoms with Gasteiger partial charge in [0, 0.05) is 12.3 Å². The van der Waals surface area contributed by atoms with E-state index in [1.807, 2.05) is 35.0 Å². The summed E-state index contributed by atoms with van der Waals surface area (Å²) in [5.41, 5.74) is 4.41. The summed E-state index contributed by atoms with van der Waals surface area (Å²) in [6.07, 6.45) is 0. The molecule has 0 unspecified atom stereocenters. The van der Waals surface area contributed by atoms with Crippen LogP contribution in [-0.4, -0.2) is 32.9 Å². The smallest absolute Gasteiger partial charge is 0.337 e. The number of hydrogen-bond donors (Lipinski definition) is 1. The van der Waals surface area contributed by atoms with E-state index in [0.29, 0.717) is 0 Å². The molecule has 1 N–H and O–H groups in total. The fourth-order valence-corrected chi connectivity index (χ4v) is 3.72. The Morgan fingerprint density at radius 2 is 1.92 bits per heavy atom. The Bertz CT molecular complexity index is 876. The van der Waals surface area contributed by atoms with Gasteiger partial charge in [-0.25, -0.2) is 0 Å². The Morgan fingerprint density at radius 3 is 2.67 bits per heavy atom. The van der Waals surface area contributed by atoms with Crippen LogP contribution in [0.4, 0.5) is 0 Å². The van der Waals surface area contributed by atoms with E-state index in [1.54, 1.807) is 11.8 Å². The molecule has 0 saturated carbocycles. The quantitative estimate of drug-likeness (QED) is 0.605. The number of H-pyrrole nitrogens is 1. The van der Waals surface area contributed by atoms with Gasteiger partial charge in [0.05, 0.1) is 11.1 Å². The maximum Gasteiger partial charge on any atom is 0.337 e. The first-order chi connectivity index (χ1) is 11.3. The van der Waals surface area contributed by atoms with Crippen molar-refractivity contribution in [1.82, 2.24) is 15.5 Å². The van der Waals surface area contributed by atoms with Gasteiger partial charge in [-0.2, -0.15) is 0 Å². The highest BCUT2D eigenvalue weighted by atomic mass is 79.9. The number of aromatic amines is 1. The molecule has 0 aliphatic carbocycles. The summed E-state index contributed by atoms with van der Waals surface area (Å²) in [7, 11) is 0. The topological polar surface area (TPSA) is 57.8 Å². The molecule has 1 aliphatic rings. The number of halogens is 1. The highest BCUT2D eigenvalue weighted by Gasteiger charge is 2.24. The average molecular weight is 402 g/mol. The van der Waals surface area contributed by atoms with Crippen molar-refractivity contribution in [3.8, 4) is 17.1 Å². The number of tetrazole rings is 1. The second-order valence-corrected chi connectivity index (χ2v) is 6.41. The summed E-state index contributed by atoms with van der Waals surface area (Å²) < 4.78 is 1.93. The van der Waals surface area contributed by atoms with E-state index in [0.717, 1.165) is 40.0 Å². The van der Waals surface area contributed by atoms with Crippen molar-refractivity contribution < 1.29 is 21.7 Å². The molecule has 3 aromatic rings. The first kappa shape index (κ1) is 16.9. The van der Waals surface area contributed by atoms with Gasteiger partial charge in [-0.15, -0.1) is 16.4 Å². The first-order valence-corrected chi connectivity index (χ1v) is 8.49. The van der Waals surface area contributed by atoms with Crippen molar-refractivity contribution in [3.63, 3.8) is 0 Å². The third-order valence-corrected chi connectivity index (χ3v) is 4.82. The lowest BCUT2D eigenvalue weighted by molar-refractivity contribution is -0.649. The molecule has 0 spiro atoms. The zero-order valence-electron chi connectivity index (χ0n) is 13.1. The predicted octanol–water partition coefficient (Wildman–Crippen LogP) is -0.446. The van der Waals surface area contributed by atoms with E-state index in [2.05, 4.69) is 45.6 Å². The number of aliphatic imine (C=N–C) groups is 1. The largest absolute Gasteiger partial charge is 1.00 e. The van der Waals surface area contributed by atoms with Crippen molar-refractivity contribution in [2.45, 2.75) is 6.92 Å². The SMILES string of the molecule is Cc1cccc(-[n+]2[nH]nnc2-c2ccccc2)c1C1=NCCS1.[Br-]. The van der Waals surface area contributed by atoms with Gasteiger partial charge in [0.1, 0.15) is 15.8 Å². The first-order valence-electron chi connectivity index (χ1n) is 7.51. The van der Waals surface area contributed by atoms with Gasteiger partial charge in [0.15, 0.2) is 5.21 Å². The van der Waals surface area contributed by atoms with Crippen LogP contribution in [0.15, 0.2) is 53.5 Å².